The molecule has 0 radical (unpaired) electrons. The van der Waals surface area contributed by atoms with Crippen LogP contribution in [0.1, 0.15) is 13.8 Å². The van der Waals surface area contributed by atoms with Gasteiger partial charge in [0, 0.05) is 20.0 Å². The fourth-order valence-corrected chi connectivity index (χ4v) is 2.26. The molecule has 1 fully saturated rings. The van der Waals surface area contributed by atoms with Crippen LogP contribution in [0.5, 0.6) is 0 Å². The van der Waals surface area contributed by atoms with Gasteiger partial charge in [0.15, 0.2) is 5.90 Å². The maximum Gasteiger partial charge on any atom is 0.226 e. The molecule has 0 spiro atoms. The van der Waals surface area contributed by atoms with Gasteiger partial charge in [0.1, 0.15) is 6.04 Å². The molecule has 5 heteroatoms. The number of methoxy groups -OCH3 is 1. The van der Waals surface area contributed by atoms with E-state index in [1.165, 1.54) is 0 Å². The van der Waals surface area contributed by atoms with Gasteiger partial charge < -0.3 is 19.3 Å². The molecular weight excluding hydrogens is 198 g/mol. The summed E-state index contributed by atoms with van der Waals surface area (Å²) in [6, 6.07) is -0.104. The van der Waals surface area contributed by atoms with Gasteiger partial charge in [0.05, 0.1) is 18.8 Å². The zero-order chi connectivity index (χ0) is 11.0. The molecule has 2 rings (SSSR count). The first-order valence-electron chi connectivity index (χ1n) is 5.17. The molecule has 5 nitrogen and oxygen atoms in total. The Morgan fingerprint density at radius 2 is 2.27 bits per heavy atom. The molecule has 3 unspecified atom stereocenters. The van der Waals surface area contributed by atoms with Crippen molar-refractivity contribution in [2.45, 2.75) is 38.4 Å². The minimum atomic E-state index is -0.400. The van der Waals surface area contributed by atoms with E-state index in [-0.39, 0.29) is 30.8 Å². The fourth-order valence-electron chi connectivity index (χ4n) is 2.26. The molecular formula is C10H17NO4. The highest BCUT2D eigenvalue weighted by atomic mass is 16.7. The number of rotatable bonds is 2. The Hall–Kier alpha value is -0.650. The first-order valence-corrected chi connectivity index (χ1v) is 5.17. The van der Waals surface area contributed by atoms with Crippen LogP contribution >= 0.6 is 0 Å². The Morgan fingerprint density at radius 1 is 1.53 bits per heavy atom. The van der Waals surface area contributed by atoms with E-state index in [0.717, 1.165) is 0 Å². The SMILES string of the molecule is COC1C2N=C(C)O[C@H]2OC(CO)[C@H]1C. The maximum absolute atomic E-state index is 9.19. The van der Waals surface area contributed by atoms with Gasteiger partial charge in [-0.1, -0.05) is 6.92 Å². The van der Waals surface area contributed by atoms with Gasteiger partial charge in [0.2, 0.25) is 6.29 Å². The average molecular weight is 215 g/mol. The van der Waals surface area contributed by atoms with Gasteiger partial charge >= 0.3 is 0 Å². The van der Waals surface area contributed by atoms with Crippen molar-refractivity contribution in [3.8, 4) is 0 Å². The van der Waals surface area contributed by atoms with Crippen LogP contribution in [0.15, 0.2) is 4.99 Å². The third kappa shape index (κ3) is 1.75. The molecule has 1 saturated heterocycles. The maximum atomic E-state index is 9.19. The van der Waals surface area contributed by atoms with Crippen LogP contribution in [0.3, 0.4) is 0 Å². The van der Waals surface area contributed by atoms with Gasteiger partial charge in [-0.15, -0.1) is 0 Å². The lowest BCUT2D eigenvalue weighted by Crippen LogP contribution is -2.53. The molecule has 0 amide bonds. The van der Waals surface area contributed by atoms with Crippen molar-refractivity contribution in [1.82, 2.24) is 0 Å². The van der Waals surface area contributed by atoms with E-state index in [0.29, 0.717) is 5.90 Å². The second-order valence-electron chi connectivity index (χ2n) is 4.04. The summed E-state index contributed by atoms with van der Waals surface area (Å²) >= 11 is 0. The first-order chi connectivity index (χ1) is 7.17. The van der Waals surface area contributed by atoms with Crippen molar-refractivity contribution >= 4 is 5.90 Å². The third-order valence-corrected chi connectivity index (χ3v) is 3.10. The highest BCUT2D eigenvalue weighted by molar-refractivity contribution is 5.75. The predicted molar refractivity (Wildman–Crippen MR) is 53.7 cm³/mol. The molecule has 2 aliphatic rings. The molecule has 0 aromatic rings. The largest absolute Gasteiger partial charge is 0.450 e. The molecule has 0 bridgehead atoms. The van der Waals surface area contributed by atoms with Crippen molar-refractivity contribution in [2.75, 3.05) is 13.7 Å². The number of aliphatic hydroxyl groups is 1. The Morgan fingerprint density at radius 3 is 2.87 bits per heavy atom. The van der Waals surface area contributed by atoms with Crippen LogP contribution in [-0.2, 0) is 14.2 Å². The number of hydrogen-bond acceptors (Lipinski definition) is 5. The zero-order valence-electron chi connectivity index (χ0n) is 9.21. The summed E-state index contributed by atoms with van der Waals surface area (Å²) in [6.45, 7) is 3.77. The highest BCUT2D eigenvalue weighted by Crippen LogP contribution is 2.33. The minimum Gasteiger partial charge on any atom is -0.450 e. The molecule has 0 aromatic heterocycles. The number of hydrogen-bond donors (Lipinski definition) is 1. The topological polar surface area (TPSA) is 60.3 Å². The van der Waals surface area contributed by atoms with E-state index in [9.17, 15) is 5.11 Å². The molecule has 1 N–H and O–H groups in total. The lowest BCUT2D eigenvalue weighted by atomic mass is 9.90. The number of ether oxygens (including phenoxy) is 3. The first kappa shape index (κ1) is 10.9. The Kier molecular flexibility index (Phi) is 2.95. The molecule has 15 heavy (non-hydrogen) atoms. The van der Waals surface area contributed by atoms with Gasteiger partial charge in [-0.05, 0) is 0 Å². The second kappa shape index (κ2) is 4.08. The Balaban J connectivity index is 2.17. The molecule has 86 valence electrons. The molecule has 5 atom stereocenters. The number of fused-ring (bicyclic) bond motifs is 1. The normalized spacial score (nSPS) is 44.5. The van der Waals surface area contributed by atoms with Crippen molar-refractivity contribution in [2.24, 2.45) is 10.9 Å². The summed E-state index contributed by atoms with van der Waals surface area (Å²) in [5, 5.41) is 9.19. The highest BCUT2D eigenvalue weighted by Gasteiger charge is 2.47. The van der Waals surface area contributed by atoms with E-state index in [1.807, 2.05) is 6.92 Å². The summed E-state index contributed by atoms with van der Waals surface area (Å²) in [4.78, 5) is 4.34. The zero-order valence-corrected chi connectivity index (χ0v) is 9.21. The van der Waals surface area contributed by atoms with Gasteiger partial charge in [0.25, 0.3) is 0 Å². The molecule has 0 aliphatic carbocycles. The summed E-state index contributed by atoms with van der Waals surface area (Å²) in [5.41, 5.74) is 0. The van der Waals surface area contributed by atoms with E-state index >= 15 is 0 Å². The van der Waals surface area contributed by atoms with Crippen LogP contribution in [0.2, 0.25) is 0 Å². The predicted octanol–water partition coefficient (Wildman–Crippen LogP) is 0.172. The molecule has 2 aliphatic heterocycles. The summed E-state index contributed by atoms with van der Waals surface area (Å²) in [6.07, 6.45) is -0.695. The lowest BCUT2D eigenvalue weighted by molar-refractivity contribution is -0.217. The summed E-state index contributed by atoms with van der Waals surface area (Å²) in [5.74, 6) is 0.734. The Labute approximate surface area is 89.0 Å². The van der Waals surface area contributed by atoms with Crippen molar-refractivity contribution < 1.29 is 19.3 Å². The quantitative estimate of drug-likeness (QED) is 0.713. The standard InChI is InChI=1S/C10H17NO4/c1-5-7(4-12)15-10-8(9(5)13-3)11-6(2)14-10/h5,7-10,12H,4H2,1-3H3/t5-,7?,8?,9?,10+/m1/s1. The van der Waals surface area contributed by atoms with E-state index in [2.05, 4.69) is 4.99 Å². The van der Waals surface area contributed by atoms with E-state index in [4.69, 9.17) is 14.2 Å². The van der Waals surface area contributed by atoms with Crippen LogP contribution in [-0.4, -0.2) is 49.3 Å². The van der Waals surface area contributed by atoms with Crippen LogP contribution < -0.4 is 0 Å². The smallest absolute Gasteiger partial charge is 0.226 e. The van der Waals surface area contributed by atoms with Gasteiger partial charge in [-0.3, -0.25) is 0 Å². The summed E-state index contributed by atoms with van der Waals surface area (Å²) in [7, 11) is 1.65. The van der Waals surface area contributed by atoms with E-state index in [1.54, 1.807) is 14.0 Å². The van der Waals surface area contributed by atoms with Crippen LogP contribution in [0, 0.1) is 5.92 Å². The van der Waals surface area contributed by atoms with Crippen molar-refractivity contribution in [3.05, 3.63) is 0 Å². The van der Waals surface area contributed by atoms with Gasteiger partial charge in [-0.2, -0.15) is 0 Å². The van der Waals surface area contributed by atoms with Crippen LogP contribution in [0.4, 0.5) is 0 Å². The number of aliphatic imine (C=N–C) groups is 1. The minimum absolute atomic E-state index is 0.0212. The second-order valence-corrected chi connectivity index (χ2v) is 4.04. The number of aliphatic hydroxyl groups excluding tert-OH is 1. The van der Waals surface area contributed by atoms with E-state index < -0.39 is 6.29 Å². The van der Waals surface area contributed by atoms with Crippen molar-refractivity contribution in [3.63, 3.8) is 0 Å². The Bertz CT molecular complexity index is 268. The van der Waals surface area contributed by atoms with Crippen molar-refractivity contribution in [1.29, 1.82) is 0 Å². The van der Waals surface area contributed by atoms with Gasteiger partial charge in [-0.25, -0.2) is 4.99 Å². The molecule has 2 heterocycles. The average Bonchev–Trinajstić information content (AvgIpc) is 2.57. The van der Waals surface area contributed by atoms with Crippen LogP contribution in [0.25, 0.3) is 0 Å². The molecule has 0 saturated carbocycles. The molecule has 0 aromatic carbocycles. The monoisotopic (exact) mass is 215 g/mol. The summed E-state index contributed by atoms with van der Waals surface area (Å²) < 4.78 is 16.4. The third-order valence-electron chi connectivity index (χ3n) is 3.10. The fraction of sp³-hybridized carbons (Fsp3) is 0.900. The number of nitrogens with zero attached hydrogens (tertiary/aromatic N) is 1. The lowest BCUT2D eigenvalue weighted by Gasteiger charge is -2.39.